The molecule has 33 heavy (non-hydrogen) atoms. The molecule has 1 saturated heterocycles. The van der Waals surface area contributed by atoms with Gasteiger partial charge in [-0.05, 0) is 73.2 Å². The molecular weight excluding hydrogens is 425 g/mol. The Labute approximate surface area is 189 Å². The molecule has 1 heterocycles. The quantitative estimate of drug-likeness (QED) is 0.323. The monoisotopic (exact) mass is 445 g/mol. The second kappa shape index (κ2) is 8.78. The van der Waals surface area contributed by atoms with Gasteiger partial charge in [-0.15, -0.1) is 0 Å². The third kappa shape index (κ3) is 4.05. The van der Waals surface area contributed by atoms with E-state index in [-0.39, 0.29) is 11.3 Å². The van der Waals surface area contributed by atoms with E-state index >= 15 is 0 Å². The van der Waals surface area contributed by atoms with Crippen LogP contribution in [0.4, 0.5) is 10.1 Å². The molecule has 0 aromatic heterocycles. The molecule has 0 radical (unpaired) electrons. The number of hydrogen-bond donors (Lipinski definition) is 0. The molecule has 0 bridgehead atoms. The van der Waals surface area contributed by atoms with E-state index in [4.69, 9.17) is 4.74 Å². The van der Waals surface area contributed by atoms with Crippen LogP contribution in [0, 0.1) is 11.7 Å². The Bertz CT molecular complexity index is 1230. The van der Waals surface area contributed by atoms with Gasteiger partial charge in [0.25, 0.3) is 5.91 Å². The minimum atomic E-state index is -1.32. The number of hydrogen-bond acceptors (Lipinski definition) is 5. The summed E-state index contributed by atoms with van der Waals surface area (Å²) in [6, 6.07) is 16.8. The molecule has 0 N–H and O–H groups in total. The second-order valence-corrected chi connectivity index (χ2v) is 7.71. The number of carbonyl (C=O) groups excluding carboxylic acids is 4. The summed E-state index contributed by atoms with van der Waals surface area (Å²) in [5, 5.41) is 0. The Morgan fingerprint density at radius 1 is 0.848 bits per heavy atom. The molecule has 0 saturated carbocycles. The lowest BCUT2D eigenvalue weighted by Gasteiger charge is -2.27. The van der Waals surface area contributed by atoms with Crippen molar-refractivity contribution in [2.45, 2.75) is 13.0 Å². The number of methoxy groups -OCH3 is 1. The number of carbonyl (C=O) groups is 4. The highest BCUT2D eigenvalue weighted by Gasteiger charge is 2.52. The highest BCUT2D eigenvalue weighted by molar-refractivity contribution is 6.49. The highest BCUT2D eigenvalue weighted by Crippen LogP contribution is 2.41. The van der Waals surface area contributed by atoms with Crippen molar-refractivity contribution in [2.75, 3.05) is 12.0 Å². The van der Waals surface area contributed by atoms with Crippen molar-refractivity contribution in [3.8, 4) is 5.75 Å². The van der Waals surface area contributed by atoms with E-state index in [0.717, 1.165) is 0 Å². The summed E-state index contributed by atoms with van der Waals surface area (Å²) in [5.41, 5.74) is 1.50. The van der Waals surface area contributed by atoms with Crippen LogP contribution in [0.1, 0.15) is 39.2 Å². The van der Waals surface area contributed by atoms with E-state index in [2.05, 4.69) is 0 Å². The van der Waals surface area contributed by atoms with Gasteiger partial charge in [-0.2, -0.15) is 0 Å². The molecule has 166 valence electrons. The van der Waals surface area contributed by atoms with Crippen molar-refractivity contribution in [1.82, 2.24) is 0 Å². The second-order valence-electron chi connectivity index (χ2n) is 7.71. The number of ketones is 3. The molecule has 0 aliphatic carbocycles. The highest BCUT2D eigenvalue weighted by atomic mass is 19.1. The van der Waals surface area contributed by atoms with Crippen molar-refractivity contribution in [3.63, 3.8) is 0 Å². The van der Waals surface area contributed by atoms with Gasteiger partial charge in [0.15, 0.2) is 11.6 Å². The topological polar surface area (TPSA) is 80.8 Å². The zero-order chi connectivity index (χ0) is 23.7. The van der Waals surface area contributed by atoms with Gasteiger partial charge in [-0.25, -0.2) is 4.39 Å². The van der Waals surface area contributed by atoms with Crippen LogP contribution in [0.25, 0.3) is 0 Å². The van der Waals surface area contributed by atoms with Crippen LogP contribution in [0.15, 0.2) is 72.8 Å². The van der Waals surface area contributed by atoms with Crippen LogP contribution in [0.3, 0.4) is 0 Å². The number of ether oxygens (including phenoxy) is 1. The van der Waals surface area contributed by atoms with Crippen LogP contribution in [0.2, 0.25) is 0 Å². The molecular formula is C26H20FNO5. The fraction of sp³-hybridized carbons (Fsp3) is 0.154. The number of anilines is 1. The fourth-order valence-electron chi connectivity index (χ4n) is 4.00. The Balaban J connectivity index is 1.81. The molecule has 0 spiro atoms. The first-order chi connectivity index (χ1) is 15.8. The van der Waals surface area contributed by atoms with E-state index < -0.39 is 35.3 Å². The van der Waals surface area contributed by atoms with Gasteiger partial charge < -0.3 is 4.74 Å². The van der Waals surface area contributed by atoms with Gasteiger partial charge in [0.2, 0.25) is 5.78 Å². The van der Waals surface area contributed by atoms with E-state index in [1.807, 2.05) is 0 Å². The minimum Gasteiger partial charge on any atom is -0.497 e. The van der Waals surface area contributed by atoms with Crippen molar-refractivity contribution < 1.29 is 28.3 Å². The van der Waals surface area contributed by atoms with Crippen LogP contribution in [0.5, 0.6) is 5.75 Å². The van der Waals surface area contributed by atoms with E-state index in [0.29, 0.717) is 22.6 Å². The van der Waals surface area contributed by atoms with E-state index in [1.165, 1.54) is 55.3 Å². The van der Waals surface area contributed by atoms with Crippen LogP contribution in [-0.4, -0.2) is 30.4 Å². The predicted octanol–water partition coefficient (Wildman–Crippen LogP) is 4.19. The maximum atomic E-state index is 13.6. The lowest BCUT2D eigenvalue weighted by molar-refractivity contribution is -0.135. The smallest absolute Gasteiger partial charge is 0.295 e. The van der Waals surface area contributed by atoms with Gasteiger partial charge in [-0.3, -0.25) is 24.1 Å². The van der Waals surface area contributed by atoms with Crippen LogP contribution < -0.4 is 9.64 Å². The molecule has 2 atom stereocenters. The van der Waals surface area contributed by atoms with Gasteiger partial charge in [-0.1, -0.05) is 12.1 Å². The molecule has 1 amide bonds. The standard InChI is InChI=1S/C26H20FNO5/c1-15(29)16-5-11-20(12-6-16)28-23(17-3-9-19(27)10-4-17)22(25(31)26(28)32)24(30)18-7-13-21(33-2)14-8-18/h3-14,22-23H,1-2H3. The Morgan fingerprint density at radius 3 is 1.97 bits per heavy atom. The summed E-state index contributed by atoms with van der Waals surface area (Å²) >= 11 is 0. The predicted molar refractivity (Wildman–Crippen MR) is 119 cm³/mol. The number of rotatable bonds is 6. The summed E-state index contributed by atoms with van der Waals surface area (Å²) < 4.78 is 18.7. The molecule has 7 heteroatoms. The number of amides is 1. The number of benzene rings is 3. The number of Topliss-reactive ketones (excluding diaryl/α,β-unsaturated/α-hetero) is 3. The maximum absolute atomic E-state index is 13.6. The summed E-state index contributed by atoms with van der Waals surface area (Å²) in [5.74, 6) is -3.61. The first-order valence-corrected chi connectivity index (χ1v) is 10.2. The van der Waals surface area contributed by atoms with Crippen molar-refractivity contribution >= 4 is 28.9 Å². The average molecular weight is 445 g/mol. The number of nitrogens with zero attached hydrogens (tertiary/aromatic N) is 1. The molecule has 3 aromatic carbocycles. The minimum absolute atomic E-state index is 0.145. The Kier molecular flexibility index (Phi) is 5.87. The largest absolute Gasteiger partial charge is 0.497 e. The lowest BCUT2D eigenvalue weighted by atomic mass is 9.86. The maximum Gasteiger partial charge on any atom is 0.295 e. The van der Waals surface area contributed by atoms with E-state index in [9.17, 15) is 23.6 Å². The molecule has 1 aliphatic heterocycles. The summed E-state index contributed by atoms with van der Waals surface area (Å²) in [6.45, 7) is 1.42. The Morgan fingerprint density at radius 2 is 1.42 bits per heavy atom. The molecule has 2 unspecified atom stereocenters. The van der Waals surface area contributed by atoms with Crippen molar-refractivity contribution in [2.24, 2.45) is 5.92 Å². The van der Waals surface area contributed by atoms with Crippen molar-refractivity contribution in [1.29, 1.82) is 0 Å². The van der Waals surface area contributed by atoms with Gasteiger partial charge in [0.05, 0.1) is 13.2 Å². The zero-order valence-corrected chi connectivity index (χ0v) is 17.9. The summed E-state index contributed by atoms with van der Waals surface area (Å²) in [4.78, 5) is 52.5. The summed E-state index contributed by atoms with van der Waals surface area (Å²) in [6.07, 6.45) is 0. The third-order valence-electron chi connectivity index (χ3n) is 5.73. The van der Waals surface area contributed by atoms with E-state index in [1.54, 1.807) is 36.4 Å². The SMILES string of the molecule is COc1ccc(C(=O)C2C(=O)C(=O)N(c3ccc(C(C)=O)cc3)C2c2ccc(F)cc2)cc1. The molecule has 4 rings (SSSR count). The number of halogens is 1. The van der Waals surface area contributed by atoms with Gasteiger partial charge in [0, 0.05) is 16.8 Å². The Hall–Kier alpha value is -4.13. The lowest BCUT2D eigenvalue weighted by Crippen LogP contribution is -2.30. The normalized spacial score (nSPS) is 17.8. The van der Waals surface area contributed by atoms with Crippen LogP contribution >= 0.6 is 0 Å². The fourth-order valence-corrected chi connectivity index (χ4v) is 4.00. The van der Waals surface area contributed by atoms with Crippen molar-refractivity contribution in [3.05, 3.63) is 95.3 Å². The first-order valence-electron chi connectivity index (χ1n) is 10.2. The average Bonchev–Trinajstić information content (AvgIpc) is 3.09. The first kappa shape index (κ1) is 22.1. The summed E-state index contributed by atoms with van der Waals surface area (Å²) in [7, 11) is 1.50. The van der Waals surface area contributed by atoms with Crippen LogP contribution in [-0.2, 0) is 9.59 Å². The molecule has 3 aromatic rings. The molecule has 1 fully saturated rings. The van der Waals surface area contributed by atoms with Gasteiger partial charge >= 0.3 is 0 Å². The molecule has 6 nitrogen and oxygen atoms in total. The molecule has 1 aliphatic rings. The zero-order valence-electron chi connectivity index (χ0n) is 17.9. The van der Waals surface area contributed by atoms with Gasteiger partial charge in [0.1, 0.15) is 17.5 Å². The third-order valence-corrected chi connectivity index (χ3v) is 5.73.